The lowest BCUT2D eigenvalue weighted by atomic mass is 10.1. The third-order valence-corrected chi connectivity index (χ3v) is 1.77. The van der Waals surface area contributed by atoms with E-state index < -0.39 is 10.9 Å². The standard InChI is InChI=1S/C6H14O4S/c1-2-3-4-5(7,8)6(9,10)11/h7-11H,2-4H2,1H3. The van der Waals surface area contributed by atoms with Crippen molar-refractivity contribution in [3.05, 3.63) is 0 Å². The molecule has 0 unspecified atom stereocenters. The number of thiol groups is 1. The molecule has 0 radical (unpaired) electrons. The third kappa shape index (κ3) is 3.39. The molecule has 68 valence electrons. The fraction of sp³-hybridized carbons (Fsp3) is 1.00. The molecule has 0 saturated heterocycles. The van der Waals surface area contributed by atoms with Gasteiger partial charge in [-0.1, -0.05) is 13.3 Å². The Balaban J connectivity index is 4.00. The normalized spacial score (nSPS) is 13.6. The molecule has 5 heteroatoms. The molecule has 0 aliphatic heterocycles. The summed E-state index contributed by atoms with van der Waals surface area (Å²) in [5, 5.41) is 32.6. The molecule has 4 N–H and O–H groups in total. The molecule has 11 heavy (non-hydrogen) atoms. The van der Waals surface area contributed by atoms with E-state index in [2.05, 4.69) is 12.6 Å². The first-order valence-electron chi connectivity index (χ1n) is 3.43. The lowest BCUT2D eigenvalue weighted by Gasteiger charge is -2.30. The second kappa shape index (κ2) is 3.73. The molecule has 0 rings (SSSR count). The van der Waals surface area contributed by atoms with E-state index in [1.807, 2.05) is 6.92 Å². The fourth-order valence-electron chi connectivity index (χ4n) is 0.591. The predicted molar refractivity (Wildman–Crippen MR) is 42.8 cm³/mol. The summed E-state index contributed by atoms with van der Waals surface area (Å²) in [5.74, 6) is -2.54. The van der Waals surface area contributed by atoms with Gasteiger partial charge in [0.15, 0.2) is 0 Å². The van der Waals surface area contributed by atoms with Crippen molar-refractivity contribution in [3.8, 4) is 0 Å². The van der Waals surface area contributed by atoms with Crippen LogP contribution in [0.1, 0.15) is 26.2 Å². The first-order chi connectivity index (χ1) is 4.81. The molecule has 0 aromatic heterocycles. The van der Waals surface area contributed by atoms with Crippen LogP contribution in [0.2, 0.25) is 0 Å². The van der Waals surface area contributed by atoms with Gasteiger partial charge in [0.25, 0.3) is 5.12 Å². The SMILES string of the molecule is CCCCC(O)(O)C(O)(O)S. The van der Waals surface area contributed by atoms with Gasteiger partial charge < -0.3 is 20.4 Å². The van der Waals surface area contributed by atoms with E-state index in [0.29, 0.717) is 6.42 Å². The summed E-state index contributed by atoms with van der Waals surface area (Å²) in [4.78, 5) is 0. The van der Waals surface area contributed by atoms with Crippen LogP contribution in [-0.4, -0.2) is 31.3 Å². The van der Waals surface area contributed by atoms with Crippen molar-refractivity contribution in [1.29, 1.82) is 0 Å². The molecule has 0 amide bonds. The van der Waals surface area contributed by atoms with Crippen LogP contribution in [0.4, 0.5) is 0 Å². The van der Waals surface area contributed by atoms with E-state index in [-0.39, 0.29) is 6.42 Å². The minimum atomic E-state index is -2.75. The van der Waals surface area contributed by atoms with Crippen LogP contribution in [0.15, 0.2) is 0 Å². The number of unbranched alkanes of at least 4 members (excludes halogenated alkanes) is 1. The van der Waals surface area contributed by atoms with Gasteiger partial charge in [-0.25, -0.2) is 0 Å². The Kier molecular flexibility index (Phi) is 3.79. The average Bonchev–Trinajstić information content (AvgIpc) is 1.81. The molecular formula is C6H14O4S. The molecule has 0 fully saturated rings. The molecule has 0 aliphatic carbocycles. The van der Waals surface area contributed by atoms with E-state index in [0.717, 1.165) is 6.42 Å². The smallest absolute Gasteiger partial charge is 0.266 e. The highest BCUT2D eigenvalue weighted by atomic mass is 32.1. The highest BCUT2D eigenvalue weighted by Gasteiger charge is 2.43. The zero-order valence-electron chi connectivity index (χ0n) is 6.36. The van der Waals surface area contributed by atoms with Crippen LogP contribution in [0.5, 0.6) is 0 Å². The summed E-state index contributed by atoms with van der Waals surface area (Å²) >= 11 is 3.22. The largest absolute Gasteiger partial charge is 0.361 e. The van der Waals surface area contributed by atoms with E-state index in [1.54, 1.807) is 0 Å². The summed E-state index contributed by atoms with van der Waals surface area (Å²) in [6.07, 6.45) is 1.13. The van der Waals surface area contributed by atoms with E-state index in [1.165, 1.54) is 0 Å². The van der Waals surface area contributed by atoms with Crippen LogP contribution >= 0.6 is 12.6 Å². The summed E-state index contributed by atoms with van der Waals surface area (Å²) in [6.45, 7) is 1.85. The number of rotatable bonds is 4. The van der Waals surface area contributed by atoms with Gasteiger partial charge in [0.05, 0.1) is 0 Å². The number of hydrogen-bond acceptors (Lipinski definition) is 5. The zero-order valence-corrected chi connectivity index (χ0v) is 7.25. The molecule has 0 spiro atoms. The number of hydrogen-bond donors (Lipinski definition) is 5. The van der Waals surface area contributed by atoms with Crippen LogP contribution in [0.25, 0.3) is 0 Å². The first-order valence-corrected chi connectivity index (χ1v) is 3.88. The molecule has 0 heterocycles. The highest BCUT2D eigenvalue weighted by molar-refractivity contribution is 7.81. The van der Waals surface area contributed by atoms with Crippen molar-refractivity contribution < 1.29 is 20.4 Å². The second-order valence-corrected chi connectivity index (χ2v) is 3.18. The van der Waals surface area contributed by atoms with Crippen molar-refractivity contribution in [3.63, 3.8) is 0 Å². The van der Waals surface area contributed by atoms with Crippen molar-refractivity contribution in [1.82, 2.24) is 0 Å². The molecule has 0 aromatic carbocycles. The Bertz CT molecular complexity index is 118. The zero-order chi connectivity index (χ0) is 9.12. The molecule has 0 atom stereocenters. The van der Waals surface area contributed by atoms with Crippen LogP contribution in [0, 0.1) is 0 Å². The van der Waals surface area contributed by atoms with E-state index in [9.17, 15) is 0 Å². The monoisotopic (exact) mass is 182 g/mol. The van der Waals surface area contributed by atoms with Crippen LogP contribution < -0.4 is 0 Å². The van der Waals surface area contributed by atoms with Gasteiger partial charge >= 0.3 is 0 Å². The van der Waals surface area contributed by atoms with Crippen molar-refractivity contribution in [2.75, 3.05) is 0 Å². The minimum Gasteiger partial charge on any atom is -0.361 e. The quantitative estimate of drug-likeness (QED) is 0.298. The first kappa shape index (κ1) is 11.2. The molecule has 0 bridgehead atoms. The van der Waals surface area contributed by atoms with Gasteiger partial charge in [0.2, 0.25) is 5.79 Å². The van der Waals surface area contributed by atoms with Gasteiger partial charge in [-0.3, -0.25) is 0 Å². The van der Waals surface area contributed by atoms with Crippen molar-refractivity contribution >= 4 is 12.6 Å². The average molecular weight is 182 g/mol. The van der Waals surface area contributed by atoms with Crippen LogP contribution in [0.3, 0.4) is 0 Å². The summed E-state index contributed by atoms with van der Waals surface area (Å²) in [7, 11) is 0. The lowest BCUT2D eigenvalue weighted by Crippen LogP contribution is -2.50. The fourth-order valence-corrected chi connectivity index (χ4v) is 0.703. The van der Waals surface area contributed by atoms with Crippen LogP contribution in [-0.2, 0) is 0 Å². The van der Waals surface area contributed by atoms with E-state index in [4.69, 9.17) is 20.4 Å². The maximum atomic E-state index is 8.96. The topological polar surface area (TPSA) is 80.9 Å². The Morgan fingerprint density at radius 3 is 1.91 bits per heavy atom. The van der Waals surface area contributed by atoms with Crippen molar-refractivity contribution in [2.24, 2.45) is 0 Å². The predicted octanol–water partition coefficient (Wildman–Crippen LogP) is -0.574. The van der Waals surface area contributed by atoms with Gasteiger partial charge in [-0.15, -0.1) is 12.6 Å². The maximum Gasteiger partial charge on any atom is 0.266 e. The molecule has 4 nitrogen and oxygen atoms in total. The van der Waals surface area contributed by atoms with E-state index >= 15 is 0 Å². The van der Waals surface area contributed by atoms with Gasteiger partial charge in [0, 0.05) is 6.42 Å². The Morgan fingerprint density at radius 2 is 1.64 bits per heavy atom. The summed E-state index contributed by atoms with van der Waals surface area (Å²) in [5.41, 5.74) is 0. The Labute approximate surface area is 70.9 Å². The third-order valence-electron chi connectivity index (χ3n) is 1.42. The maximum absolute atomic E-state index is 8.96. The lowest BCUT2D eigenvalue weighted by molar-refractivity contribution is -0.311. The van der Waals surface area contributed by atoms with Gasteiger partial charge in [-0.05, 0) is 6.42 Å². The second-order valence-electron chi connectivity index (χ2n) is 2.56. The van der Waals surface area contributed by atoms with Gasteiger partial charge in [-0.2, -0.15) is 0 Å². The minimum absolute atomic E-state index is 0.111. The Hall–Kier alpha value is 0.190. The molecule has 0 saturated carbocycles. The number of aliphatic hydroxyl groups is 4. The summed E-state index contributed by atoms with van der Waals surface area (Å²) < 4.78 is 0. The Morgan fingerprint density at radius 1 is 1.18 bits per heavy atom. The van der Waals surface area contributed by atoms with Crippen molar-refractivity contribution in [2.45, 2.75) is 37.1 Å². The van der Waals surface area contributed by atoms with Gasteiger partial charge in [0.1, 0.15) is 0 Å². The molecular weight excluding hydrogens is 168 g/mol. The highest BCUT2D eigenvalue weighted by Crippen LogP contribution is 2.25. The molecule has 0 aliphatic rings. The molecule has 0 aromatic rings. The summed E-state index contributed by atoms with van der Waals surface area (Å²) in [6, 6.07) is 0.